The van der Waals surface area contributed by atoms with E-state index in [0.29, 0.717) is 0 Å². The fraction of sp³-hybridized carbons (Fsp3) is 0.647. The van der Waals surface area contributed by atoms with Crippen molar-refractivity contribution in [3.8, 4) is 0 Å². The molecule has 19 heavy (non-hydrogen) atoms. The number of hydrogen-bond donors (Lipinski definition) is 2. The molecule has 0 amide bonds. The molecule has 0 saturated heterocycles. The van der Waals surface area contributed by atoms with Crippen molar-refractivity contribution in [3.63, 3.8) is 0 Å². The molecular formula is C17H30N2. The van der Waals surface area contributed by atoms with Gasteiger partial charge in [0, 0.05) is 12.6 Å². The predicted molar refractivity (Wildman–Crippen MR) is 84.8 cm³/mol. The lowest BCUT2D eigenvalue weighted by Gasteiger charge is -2.22. The second-order valence-corrected chi connectivity index (χ2v) is 6.77. The van der Waals surface area contributed by atoms with Crippen molar-refractivity contribution in [1.29, 1.82) is 0 Å². The van der Waals surface area contributed by atoms with E-state index in [1.54, 1.807) is 0 Å². The van der Waals surface area contributed by atoms with Crippen LogP contribution in [0, 0.1) is 13.8 Å². The summed E-state index contributed by atoms with van der Waals surface area (Å²) in [6, 6.07) is 4.91. The molecule has 108 valence electrons. The first-order valence-electron chi connectivity index (χ1n) is 7.28. The van der Waals surface area contributed by atoms with Crippen LogP contribution in [0.2, 0.25) is 0 Å². The Bertz CT molecular complexity index is 391. The fourth-order valence-corrected chi connectivity index (χ4v) is 2.36. The van der Waals surface area contributed by atoms with Crippen molar-refractivity contribution in [2.75, 3.05) is 13.1 Å². The van der Waals surface area contributed by atoms with E-state index in [4.69, 9.17) is 5.73 Å². The maximum Gasteiger partial charge on any atom is 0.0136 e. The van der Waals surface area contributed by atoms with E-state index in [1.807, 2.05) is 6.92 Å². The van der Waals surface area contributed by atoms with E-state index in [0.717, 1.165) is 19.5 Å². The summed E-state index contributed by atoms with van der Waals surface area (Å²) < 4.78 is 0. The van der Waals surface area contributed by atoms with Crippen LogP contribution >= 0.6 is 0 Å². The molecule has 0 radical (unpaired) electrons. The van der Waals surface area contributed by atoms with E-state index in [-0.39, 0.29) is 11.5 Å². The molecule has 0 fully saturated rings. The highest BCUT2D eigenvalue weighted by molar-refractivity contribution is 5.40. The maximum absolute atomic E-state index is 5.74. The van der Waals surface area contributed by atoms with Gasteiger partial charge in [-0.3, -0.25) is 0 Å². The lowest BCUT2D eigenvalue weighted by molar-refractivity contribution is 0.587. The predicted octanol–water partition coefficient (Wildman–Crippen LogP) is 3.08. The molecule has 0 aliphatic carbocycles. The monoisotopic (exact) mass is 262 g/mol. The molecule has 1 atom stereocenters. The van der Waals surface area contributed by atoms with E-state index in [1.165, 1.54) is 22.3 Å². The average molecular weight is 262 g/mol. The molecule has 0 aromatic heterocycles. The van der Waals surface area contributed by atoms with Crippen molar-refractivity contribution in [2.24, 2.45) is 5.73 Å². The zero-order valence-electron chi connectivity index (χ0n) is 13.4. The molecule has 0 spiro atoms. The Morgan fingerprint density at radius 2 is 1.68 bits per heavy atom. The molecule has 0 aliphatic rings. The number of hydrogen-bond acceptors (Lipinski definition) is 2. The molecule has 0 saturated carbocycles. The molecule has 1 aromatic carbocycles. The van der Waals surface area contributed by atoms with Gasteiger partial charge in [-0.2, -0.15) is 0 Å². The van der Waals surface area contributed by atoms with Crippen LogP contribution in [-0.4, -0.2) is 19.1 Å². The molecule has 1 aromatic rings. The van der Waals surface area contributed by atoms with E-state index < -0.39 is 0 Å². The second kappa shape index (κ2) is 6.53. The fourth-order valence-electron chi connectivity index (χ4n) is 2.36. The van der Waals surface area contributed by atoms with Gasteiger partial charge in [0.15, 0.2) is 0 Å². The Hall–Kier alpha value is -0.860. The Kier molecular flexibility index (Phi) is 5.57. The topological polar surface area (TPSA) is 38.0 Å². The minimum absolute atomic E-state index is 0.223. The normalized spacial score (nSPS) is 13.6. The first kappa shape index (κ1) is 16.2. The van der Waals surface area contributed by atoms with Crippen LogP contribution in [0.4, 0.5) is 0 Å². The van der Waals surface area contributed by atoms with Gasteiger partial charge >= 0.3 is 0 Å². The van der Waals surface area contributed by atoms with Crippen molar-refractivity contribution >= 4 is 0 Å². The molecular weight excluding hydrogens is 232 g/mol. The number of nitrogens with two attached hydrogens (primary N) is 1. The second-order valence-electron chi connectivity index (χ2n) is 6.77. The summed E-state index contributed by atoms with van der Waals surface area (Å²) in [5.74, 6) is 0. The highest BCUT2D eigenvalue weighted by atomic mass is 14.9. The molecule has 1 rings (SSSR count). The van der Waals surface area contributed by atoms with Crippen molar-refractivity contribution in [1.82, 2.24) is 5.32 Å². The smallest absolute Gasteiger partial charge is 0.0136 e. The molecule has 2 heteroatoms. The highest BCUT2D eigenvalue weighted by Crippen LogP contribution is 2.26. The number of benzene rings is 1. The van der Waals surface area contributed by atoms with E-state index in [9.17, 15) is 0 Å². The van der Waals surface area contributed by atoms with Crippen LogP contribution in [0.25, 0.3) is 0 Å². The zero-order valence-corrected chi connectivity index (χ0v) is 13.4. The van der Waals surface area contributed by atoms with Gasteiger partial charge in [0.05, 0.1) is 0 Å². The van der Waals surface area contributed by atoms with Crippen molar-refractivity contribution < 1.29 is 0 Å². The van der Waals surface area contributed by atoms with Crippen molar-refractivity contribution in [3.05, 3.63) is 34.4 Å². The van der Waals surface area contributed by atoms with Gasteiger partial charge in [0.1, 0.15) is 0 Å². The quantitative estimate of drug-likeness (QED) is 0.800. The van der Waals surface area contributed by atoms with Gasteiger partial charge in [0.25, 0.3) is 0 Å². The van der Waals surface area contributed by atoms with Crippen LogP contribution in [0.3, 0.4) is 0 Å². The van der Waals surface area contributed by atoms with E-state index >= 15 is 0 Å². The summed E-state index contributed by atoms with van der Waals surface area (Å²) in [7, 11) is 0. The summed E-state index contributed by atoms with van der Waals surface area (Å²) in [4.78, 5) is 0. The van der Waals surface area contributed by atoms with Crippen LogP contribution < -0.4 is 11.1 Å². The molecule has 0 bridgehead atoms. The third kappa shape index (κ3) is 4.96. The van der Waals surface area contributed by atoms with Gasteiger partial charge in [0.2, 0.25) is 0 Å². The SMILES string of the molecule is Cc1cc(C(C)(C)C)cc(C)c1CCNCC(C)N. The largest absolute Gasteiger partial charge is 0.327 e. The summed E-state index contributed by atoms with van der Waals surface area (Å²) in [6.07, 6.45) is 1.08. The van der Waals surface area contributed by atoms with Gasteiger partial charge in [-0.05, 0) is 61.4 Å². The summed E-state index contributed by atoms with van der Waals surface area (Å²) >= 11 is 0. The Balaban J connectivity index is 2.75. The average Bonchev–Trinajstić information content (AvgIpc) is 2.25. The Labute approximate surface area is 118 Å². The molecule has 2 nitrogen and oxygen atoms in total. The first-order valence-corrected chi connectivity index (χ1v) is 7.28. The third-order valence-electron chi connectivity index (χ3n) is 3.58. The standard InChI is InChI=1S/C17H30N2/c1-12-9-15(17(4,5)6)10-13(2)16(12)7-8-19-11-14(3)18/h9-10,14,19H,7-8,11,18H2,1-6H3. The number of rotatable bonds is 5. The Morgan fingerprint density at radius 3 is 2.11 bits per heavy atom. The van der Waals surface area contributed by atoms with Gasteiger partial charge in [-0.15, -0.1) is 0 Å². The zero-order chi connectivity index (χ0) is 14.6. The molecule has 1 unspecified atom stereocenters. The lowest BCUT2D eigenvalue weighted by atomic mass is 9.83. The highest BCUT2D eigenvalue weighted by Gasteiger charge is 2.16. The minimum Gasteiger partial charge on any atom is -0.327 e. The minimum atomic E-state index is 0.223. The molecule has 0 heterocycles. The molecule has 3 N–H and O–H groups in total. The third-order valence-corrected chi connectivity index (χ3v) is 3.58. The Morgan fingerprint density at radius 1 is 1.16 bits per heavy atom. The van der Waals surface area contributed by atoms with Crippen LogP contribution in [-0.2, 0) is 11.8 Å². The van der Waals surface area contributed by atoms with Crippen LogP contribution in [0.5, 0.6) is 0 Å². The maximum atomic E-state index is 5.74. The van der Waals surface area contributed by atoms with E-state index in [2.05, 4.69) is 52.1 Å². The van der Waals surface area contributed by atoms with Crippen LogP contribution in [0.15, 0.2) is 12.1 Å². The van der Waals surface area contributed by atoms with Crippen LogP contribution in [0.1, 0.15) is 49.9 Å². The van der Waals surface area contributed by atoms with Gasteiger partial charge in [-0.1, -0.05) is 32.9 Å². The van der Waals surface area contributed by atoms with Crippen molar-refractivity contribution in [2.45, 2.75) is 59.4 Å². The molecule has 0 aliphatic heterocycles. The lowest BCUT2D eigenvalue weighted by Crippen LogP contribution is -2.32. The summed E-state index contributed by atoms with van der Waals surface area (Å²) in [6.45, 7) is 15.2. The summed E-state index contributed by atoms with van der Waals surface area (Å²) in [5, 5.41) is 3.41. The first-order chi connectivity index (χ1) is 8.71. The number of aryl methyl sites for hydroxylation is 2. The summed E-state index contributed by atoms with van der Waals surface area (Å²) in [5.41, 5.74) is 11.7. The van der Waals surface area contributed by atoms with Gasteiger partial charge < -0.3 is 11.1 Å². The van der Waals surface area contributed by atoms with Gasteiger partial charge in [-0.25, -0.2) is 0 Å². The number of nitrogens with one attached hydrogen (secondary N) is 1.